The van der Waals surface area contributed by atoms with Gasteiger partial charge in [0.15, 0.2) is 0 Å². The van der Waals surface area contributed by atoms with Crippen molar-refractivity contribution in [1.82, 2.24) is 0 Å². The second-order valence-corrected chi connectivity index (χ2v) is 5.82. The molecule has 0 aliphatic carbocycles. The lowest BCUT2D eigenvalue weighted by atomic mass is 9.91. The van der Waals surface area contributed by atoms with E-state index in [0.29, 0.717) is 11.8 Å². The van der Waals surface area contributed by atoms with Crippen LogP contribution in [0, 0.1) is 0 Å². The van der Waals surface area contributed by atoms with Crippen LogP contribution in [0.2, 0.25) is 0 Å². The monoisotopic (exact) mass is 318 g/mol. The first kappa shape index (κ1) is 12.3. The number of hydrogen-bond acceptors (Lipinski definition) is 0. The first-order valence-corrected chi connectivity index (χ1v) is 6.51. The maximum absolute atomic E-state index is 3.65. The minimum absolute atomic E-state index is 0.555. The number of hydrogen-bond donors (Lipinski definition) is 0. The molecule has 0 amide bonds. The summed E-state index contributed by atoms with van der Waals surface area (Å²) in [6.07, 6.45) is 0. The van der Waals surface area contributed by atoms with E-state index in [0.717, 1.165) is 4.47 Å². The van der Waals surface area contributed by atoms with Crippen LogP contribution in [-0.2, 0) is 0 Å². The van der Waals surface area contributed by atoms with Crippen LogP contribution >= 0.6 is 31.9 Å². The lowest BCUT2D eigenvalue weighted by Crippen LogP contribution is -2.00. The Kier molecular flexibility index (Phi) is 4.20. The quantitative estimate of drug-likeness (QED) is 0.679. The van der Waals surface area contributed by atoms with E-state index >= 15 is 0 Å². The highest BCUT2D eigenvalue weighted by Crippen LogP contribution is 2.36. The fourth-order valence-corrected chi connectivity index (χ4v) is 2.84. The van der Waals surface area contributed by atoms with Gasteiger partial charge in [0.1, 0.15) is 0 Å². The molecule has 1 aromatic rings. The highest BCUT2D eigenvalue weighted by Gasteiger charge is 2.14. The predicted octanol–water partition coefficient (Wildman–Crippen LogP) is 5.46. The van der Waals surface area contributed by atoms with Crippen molar-refractivity contribution in [3.63, 3.8) is 0 Å². The third-order valence-electron chi connectivity index (χ3n) is 2.37. The molecule has 0 saturated carbocycles. The van der Waals surface area contributed by atoms with Crippen molar-refractivity contribution in [2.24, 2.45) is 0 Å². The fraction of sp³-hybridized carbons (Fsp3) is 0.500. The first-order valence-electron chi connectivity index (χ1n) is 4.93. The second kappa shape index (κ2) is 4.80. The summed E-state index contributed by atoms with van der Waals surface area (Å²) in [5.74, 6) is 1.14. The van der Waals surface area contributed by atoms with Gasteiger partial charge in [-0.3, -0.25) is 0 Å². The van der Waals surface area contributed by atoms with Crippen LogP contribution in [0.5, 0.6) is 0 Å². The van der Waals surface area contributed by atoms with E-state index < -0.39 is 0 Å². The lowest BCUT2D eigenvalue weighted by molar-refractivity contribution is 0.785. The molecule has 0 aliphatic heterocycles. The van der Waals surface area contributed by atoms with E-state index in [1.807, 2.05) is 0 Å². The summed E-state index contributed by atoms with van der Waals surface area (Å²) in [7, 11) is 0. The summed E-state index contributed by atoms with van der Waals surface area (Å²) in [5, 5.41) is 0. The molecule has 0 saturated heterocycles. The molecule has 0 aromatic heterocycles. The molecule has 0 nitrogen and oxygen atoms in total. The molecule has 0 aliphatic rings. The number of halogens is 2. The molecule has 0 atom stereocenters. The van der Waals surface area contributed by atoms with Crippen LogP contribution in [0.4, 0.5) is 0 Å². The minimum Gasteiger partial charge on any atom is -0.0587 e. The summed E-state index contributed by atoms with van der Waals surface area (Å²) >= 11 is 7.20. The zero-order valence-electron chi connectivity index (χ0n) is 9.07. The first-order chi connectivity index (χ1) is 6.45. The molecule has 0 N–H and O–H groups in total. The van der Waals surface area contributed by atoms with Gasteiger partial charge < -0.3 is 0 Å². The van der Waals surface area contributed by atoms with Gasteiger partial charge in [0, 0.05) is 8.95 Å². The number of benzene rings is 1. The molecule has 0 radical (unpaired) electrons. The average molecular weight is 320 g/mol. The molecule has 14 heavy (non-hydrogen) atoms. The van der Waals surface area contributed by atoms with E-state index in [9.17, 15) is 0 Å². The van der Waals surface area contributed by atoms with Crippen molar-refractivity contribution < 1.29 is 0 Å². The molecular weight excluding hydrogens is 304 g/mol. The van der Waals surface area contributed by atoms with Crippen molar-refractivity contribution in [3.05, 3.63) is 32.2 Å². The molecule has 2 heteroatoms. The Hall–Kier alpha value is 0.180. The Bertz CT molecular complexity index is 327. The SMILES string of the molecule is CC(C)c1ccc(Br)c(Br)c1C(C)C. The summed E-state index contributed by atoms with van der Waals surface area (Å²) in [4.78, 5) is 0. The fourth-order valence-electron chi connectivity index (χ4n) is 1.67. The maximum atomic E-state index is 3.65. The van der Waals surface area contributed by atoms with Gasteiger partial charge in [-0.2, -0.15) is 0 Å². The molecule has 0 heterocycles. The van der Waals surface area contributed by atoms with Crippen molar-refractivity contribution >= 4 is 31.9 Å². The van der Waals surface area contributed by atoms with Gasteiger partial charge in [-0.05, 0) is 60.9 Å². The third-order valence-corrected chi connectivity index (χ3v) is 4.41. The van der Waals surface area contributed by atoms with Crippen molar-refractivity contribution in [2.45, 2.75) is 39.5 Å². The normalized spacial score (nSPS) is 11.4. The average Bonchev–Trinajstić information content (AvgIpc) is 2.08. The van der Waals surface area contributed by atoms with Crippen molar-refractivity contribution in [2.75, 3.05) is 0 Å². The van der Waals surface area contributed by atoms with Gasteiger partial charge in [0.05, 0.1) is 0 Å². The molecule has 1 aromatic carbocycles. The van der Waals surface area contributed by atoms with Gasteiger partial charge in [-0.25, -0.2) is 0 Å². The second-order valence-electron chi connectivity index (χ2n) is 4.17. The summed E-state index contributed by atoms with van der Waals surface area (Å²) < 4.78 is 2.35. The van der Waals surface area contributed by atoms with E-state index in [1.165, 1.54) is 15.6 Å². The van der Waals surface area contributed by atoms with Crippen molar-refractivity contribution in [1.29, 1.82) is 0 Å². The van der Waals surface area contributed by atoms with Crippen molar-refractivity contribution in [3.8, 4) is 0 Å². The molecule has 0 bridgehead atoms. The molecular formula is C12H16Br2. The highest BCUT2D eigenvalue weighted by atomic mass is 79.9. The smallest absolute Gasteiger partial charge is 0.0354 e. The zero-order valence-corrected chi connectivity index (χ0v) is 12.2. The molecule has 1 rings (SSSR count). The largest absolute Gasteiger partial charge is 0.0587 e. The molecule has 78 valence electrons. The Morgan fingerprint density at radius 3 is 1.93 bits per heavy atom. The highest BCUT2D eigenvalue weighted by molar-refractivity contribution is 9.13. The zero-order chi connectivity index (χ0) is 10.9. The standard InChI is InChI=1S/C12H16Br2/c1-7(2)9-5-6-10(13)12(14)11(9)8(3)4/h5-8H,1-4H3. The van der Waals surface area contributed by atoms with E-state index in [1.54, 1.807) is 0 Å². The maximum Gasteiger partial charge on any atom is 0.0354 e. The number of rotatable bonds is 2. The Morgan fingerprint density at radius 2 is 1.50 bits per heavy atom. The van der Waals surface area contributed by atoms with E-state index in [4.69, 9.17) is 0 Å². The van der Waals surface area contributed by atoms with Crippen LogP contribution < -0.4 is 0 Å². The van der Waals surface area contributed by atoms with E-state index in [-0.39, 0.29) is 0 Å². The van der Waals surface area contributed by atoms with Gasteiger partial charge in [0.25, 0.3) is 0 Å². The summed E-state index contributed by atoms with van der Waals surface area (Å²) in [6, 6.07) is 4.33. The molecule has 0 unspecified atom stereocenters. The van der Waals surface area contributed by atoms with Gasteiger partial charge >= 0.3 is 0 Å². The Morgan fingerprint density at radius 1 is 0.929 bits per heavy atom. The van der Waals surface area contributed by atoms with Crippen LogP contribution in [0.25, 0.3) is 0 Å². The van der Waals surface area contributed by atoms with Crippen LogP contribution in [0.1, 0.15) is 50.7 Å². The van der Waals surface area contributed by atoms with Crippen LogP contribution in [-0.4, -0.2) is 0 Å². The summed E-state index contributed by atoms with van der Waals surface area (Å²) in [5.41, 5.74) is 2.87. The molecule has 0 spiro atoms. The van der Waals surface area contributed by atoms with Gasteiger partial charge in [-0.15, -0.1) is 0 Å². The van der Waals surface area contributed by atoms with Crippen LogP contribution in [0.3, 0.4) is 0 Å². The lowest BCUT2D eigenvalue weighted by Gasteiger charge is -2.18. The Labute approximate surface area is 103 Å². The van der Waals surface area contributed by atoms with E-state index in [2.05, 4.69) is 71.7 Å². The van der Waals surface area contributed by atoms with Gasteiger partial charge in [0.2, 0.25) is 0 Å². The van der Waals surface area contributed by atoms with Gasteiger partial charge in [-0.1, -0.05) is 33.8 Å². The predicted molar refractivity (Wildman–Crippen MR) is 70.0 cm³/mol. The van der Waals surface area contributed by atoms with Crippen LogP contribution in [0.15, 0.2) is 21.1 Å². The molecule has 0 fully saturated rings. The topological polar surface area (TPSA) is 0 Å². The summed E-state index contributed by atoms with van der Waals surface area (Å²) in [6.45, 7) is 8.94. The minimum atomic E-state index is 0.555. The third kappa shape index (κ3) is 2.40. The Balaban J connectivity index is 3.38.